The summed E-state index contributed by atoms with van der Waals surface area (Å²) in [5.41, 5.74) is 0.671. The molecular weight excluding hydrogens is 208 g/mol. The zero-order valence-corrected chi connectivity index (χ0v) is 12.4. The first-order chi connectivity index (χ1) is 7.87. The monoisotopic (exact) mass is 238 g/mol. The Morgan fingerprint density at radius 2 is 1.47 bits per heavy atom. The number of piperidine rings is 2. The van der Waals surface area contributed by atoms with Crippen LogP contribution >= 0.6 is 0 Å². The van der Waals surface area contributed by atoms with E-state index in [1.54, 1.807) is 0 Å². The molecule has 0 spiro atoms. The van der Waals surface area contributed by atoms with Gasteiger partial charge in [-0.05, 0) is 44.4 Å². The predicted octanol–water partition coefficient (Wildman–Crippen LogP) is 3.53. The fourth-order valence-electron chi connectivity index (χ4n) is 3.51. The second-order valence-corrected chi connectivity index (χ2v) is 7.11. The predicted molar refractivity (Wildman–Crippen MR) is 73.8 cm³/mol. The topological polar surface area (TPSA) is 6.48 Å². The molecule has 2 heterocycles. The SMILES string of the molecule is CC1CCN(N2CCCCC2)C(C)(C)C1(C)C. The van der Waals surface area contributed by atoms with Gasteiger partial charge in [0.2, 0.25) is 0 Å². The molecule has 0 N–H and O–H groups in total. The van der Waals surface area contributed by atoms with Gasteiger partial charge in [0.25, 0.3) is 0 Å². The van der Waals surface area contributed by atoms with Crippen LogP contribution in [0, 0.1) is 11.3 Å². The highest BCUT2D eigenvalue weighted by atomic mass is 15.7. The molecule has 17 heavy (non-hydrogen) atoms. The summed E-state index contributed by atoms with van der Waals surface area (Å²) in [5, 5.41) is 5.32. The Morgan fingerprint density at radius 1 is 0.882 bits per heavy atom. The Kier molecular flexibility index (Phi) is 3.57. The first-order valence-electron chi connectivity index (χ1n) is 7.40. The fourth-order valence-corrected chi connectivity index (χ4v) is 3.51. The van der Waals surface area contributed by atoms with E-state index in [9.17, 15) is 0 Å². The summed E-state index contributed by atoms with van der Waals surface area (Å²) in [6.07, 6.45) is 5.52. The lowest BCUT2D eigenvalue weighted by Gasteiger charge is -2.59. The number of hydrogen-bond acceptors (Lipinski definition) is 2. The van der Waals surface area contributed by atoms with Crippen molar-refractivity contribution in [2.45, 2.75) is 65.8 Å². The number of hydrogen-bond donors (Lipinski definition) is 0. The maximum Gasteiger partial charge on any atom is 0.0353 e. The van der Waals surface area contributed by atoms with Gasteiger partial charge in [-0.25, -0.2) is 10.0 Å². The molecule has 0 aromatic carbocycles. The van der Waals surface area contributed by atoms with E-state index in [1.807, 2.05) is 0 Å². The second-order valence-electron chi connectivity index (χ2n) is 7.11. The van der Waals surface area contributed by atoms with Crippen LogP contribution in [0.5, 0.6) is 0 Å². The first-order valence-corrected chi connectivity index (χ1v) is 7.40. The quantitative estimate of drug-likeness (QED) is 0.689. The van der Waals surface area contributed by atoms with Gasteiger partial charge in [-0.15, -0.1) is 0 Å². The summed E-state index contributed by atoms with van der Waals surface area (Å²) in [4.78, 5) is 0. The summed E-state index contributed by atoms with van der Waals surface area (Å²) in [7, 11) is 0. The number of rotatable bonds is 1. The minimum atomic E-state index is 0.280. The van der Waals surface area contributed by atoms with Crippen molar-refractivity contribution in [3.8, 4) is 0 Å². The van der Waals surface area contributed by atoms with Crippen molar-refractivity contribution in [2.75, 3.05) is 19.6 Å². The molecule has 1 unspecified atom stereocenters. The van der Waals surface area contributed by atoms with Gasteiger partial charge >= 0.3 is 0 Å². The molecular formula is C15H30N2. The molecule has 2 saturated heterocycles. The Labute approximate surface area is 107 Å². The summed E-state index contributed by atoms with van der Waals surface area (Å²) in [6, 6.07) is 0. The molecule has 0 aliphatic carbocycles. The van der Waals surface area contributed by atoms with Gasteiger partial charge in [-0.3, -0.25) is 0 Å². The molecule has 0 saturated carbocycles. The molecule has 2 aliphatic heterocycles. The fraction of sp³-hybridized carbons (Fsp3) is 1.00. The van der Waals surface area contributed by atoms with E-state index in [0.717, 1.165) is 5.92 Å². The average molecular weight is 238 g/mol. The number of hydrazine groups is 1. The van der Waals surface area contributed by atoms with Gasteiger partial charge in [0.15, 0.2) is 0 Å². The highest BCUT2D eigenvalue weighted by molar-refractivity contribution is 5.00. The zero-order valence-electron chi connectivity index (χ0n) is 12.4. The van der Waals surface area contributed by atoms with Crippen LogP contribution in [0.4, 0.5) is 0 Å². The molecule has 100 valence electrons. The van der Waals surface area contributed by atoms with Crippen molar-refractivity contribution in [1.82, 2.24) is 10.0 Å². The van der Waals surface area contributed by atoms with E-state index in [4.69, 9.17) is 0 Å². The van der Waals surface area contributed by atoms with Crippen molar-refractivity contribution in [3.63, 3.8) is 0 Å². The number of nitrogens with zero attached hydrogens (tertiary/aromatic N) is 2. The normalized spacial score (nSPS) is 34.8. The molecule has 0 aromatic rings. The van der Waals surface area contributed by atoms with Crippen molar-refractivity contribution in [1.29, 1.82) is 0 Å². The molecule has 2 rings (SSSR count). The smallest absolute Gasteiger partial charge is 0.0353 e. The molecule has 0 radical (unpaired) electrons. The van der Waals surface area contributed by atoms with Crippen molar-refractivity contribution in [3.05, 3.63) is 0 Å². The van der Waals surface area contributed by atoms with E-state index in [1.165, 1.54) is 45.3 Å². The van der Waals surface area contributed by atoms with E-state index in [-0.39, 0.29) is 5.54 Å². The Morgan fingerprint density at radius 3 is 2.06 bits per heavy atom. The summed E-state index contributed by atoms with van der Waals surface area (Å²) in [5.74, 6) is 0.818. The van der Waals surface area contributed by atoms with Gasteiger partial charge in [0.05, 0.1) is 0 Å². The second kappa shape index (κ2) is 4.55. The van der Waals surface area contributed by atoms with E-state index in [2.05, 4.69) is 44.6 Å². The molecule has 2 nitrogen and oxygen atoms in total. The Bertz CT molecular complexity index is 264. The van der Waals surface area contributed by atoms with Crippen LogP contribution < -0.4 is 0 Å². The third kappa shape index (κ3) is 2.15. The van der Waals surface area contributed by atoms with Gasteiger partial charge < -0.3 is 0 Å². The molecule has 2 aliphatic rings. The van der Waals surface area contributed by atoms with Gasteiger partial charge in [-0.1, -0.05) is 27.2 Å². The molecule has 0 aromatic heterocycles. The average Bonchev–Trinajstić information content (AvgIpc) is 2.28. The molecule has 2 heteroatoms. The summed E-state index contributed by atoms with van der Waals surface area (Å²) >= 11 is 0. The van der Waals surface area contributed by atoms with Crippen molar-refractivity contribution < 1.29 is 0 Å². The van der Waals surface area contributed by atoms with E-state index < -0.39 is 0 Å². The van der Waals surface area contributed by atoms with Crippen LogP contribution in [0.15, 0.2) is 0 Å². The van der Waals surface area contributed by atoms with E-state index in [0.29, 0.717) is 5.41 Å². The lowest BCUT2D eigenvalue weighted by atomic mass is 9.63. The standard InChI is InChI=1S/C15H30N2/c1-13-9-12-17(15(4,5)14(13,2)3)16-10-7-6-8-11-16/h13H,6-12H2,1-5H3. The third-order valence-corrected chi connectivity index (χ3v) is 5.90. The largest absolute Gasteiger partial charge is 0.241 e. The third-order valence-electron chi connectivity index (χ3n) is 5.90. The highest BCUT2D eigenvalue weighted by Crippen LogP contribution is 2.47. The highest BCUT2D eigenvalue weighted by Gasteiger charge is 2.49. The first kappa shape index (κ1) is 13.4. The minimum absolute atomic E-state index is 0.280. The molecule has 2 fully saturated rings. The van der Waals surface area contributed by atoms with Crippen LogP contribution in [0.2, 0.25) is 0 Å². The zero-order chi connectivity index (χ0) is 12.7. The molecule has 0 amide bonds. The van der Waals surface area contributed by atoms with Gasteiger partial charge in [0.1, 0.15) is 0 Å². The Hall–Kier alpha value is -0.0800. The molecule has 1 atom stereocenters. The van der Waals surface area contributed by atoms with E-state index >= 15 is 0 Å². The van der Waals surface area contributed by atoms with Gasteiger partial charge in [-0.2, -0.15) is 0 Å². The van der Waals surface area contributed by atoms with Crippen LogP contribution in [0.25, 0.3) is 0 Å². The molecule has 0 bridgehead atoms. The van der Waals surface area contributed by atoms with Crippen molar-refractivity contribution >= 4 is 0 Å². The van der Waals surface area contributed by atoms with Gasteiger partial charge in [0, 0.05) is 25.2 Å². The lowest BCUT2D eigenvalue weighted by Crippen LogP contribution is -2.66. The van der Waals surface area contributed by atoms with Crippen LogP contribution in [-0.2, 0) is 0 Å². The Balaban J connectivity index is 2.17. The van der Waals surface area contributed by atoms with Crippen LogP contribution in [-0.4, -0.2) is 35.2 Å². The lowest BCUT2D eigenvalue weighted by molar-refractivity contribution is -0.186. The van der Waals surface area contributed by atoms with Crippen molar-refractivity contribution in [2.24, 2.45) is 11.3 Å². The van der Waals surface area contributed by atoms with Crippen LogP contribution in [0.1, 0.15) is 60.3 Å². The summed E-state index contributed by atoms with van der Waals surface area (Å²) < 4.78 is 0. The summed E-state index contributed by atoms with van der Waals surface area (Å²) in [6.45, 7) is 16.0. The van der Waals surface area contributed by atoms with Crippen LogP contribution in [0.3, 0.4) is 0 Å². The maximum atomic E-state index is 2.69. The maximum absolute atomic E-state index is 2.69. The minimum Gasteiger partial charge on any atom is -0.241 e.